The number of hydrogen-bond donors (Lipinski definition) is 0. The Morgan fingerprint density at radius 2 is 1.10 bits per heavy atom. The molecule has 3 heteroatoms. The number of aliphatic carboxylic acids is 1. The van der Waals surface area contributed by atoms with Gasteiger partial charge >= 0.3 is 18.9 Å². The number of carboxylic acids is 1. The summed E-state index contributed by atoms with van der Waals surface area (Å²) in [5.41, 5.74) is 0. The molecule has 0 saturated heterocycles. The SMILES string of the molecule is [2H]C([2H])([2H])C([2H])([2H])C([2H])([2H])C([2H])([2H])C([2H])([2H])C([2H])([2H])C([2H])([2H])C([2H])([2H])C([2H])([2H])C([2H])([2H])C([2H])([2H])C([2H])([2H])C([2H])([2H])C([2H])([2H])C([2H])([2H])C([2H])([2H])C([2H])([2H])C(=O)[O-].[Li+]. The van der Waals surface area contributed by atoms with Gasteiger partial charge in [-0.05, 0) is 12.7 Å². The zero-order valence-electron chi connectivity index (χ0n) is 45.8. The van der Waals surface area contributed by atoms with E-state index in [1.807, 2.05) is 0 Å². The molecule has 0 aliphatic heterocycles. The predicted octanol–water partition coefficient (Wildman–Crippen LogP) is 2.00. The molecule has 0 aromatic carbocycles. The Labute approximate surface area is 193 Å². The zero-order valence-corrected chi connectivity index (χ0v) is 10.8. The van der Waals surface area contributed by atoms with E-state index in [0.717, 1.165) is 0 Å². The maximum atomic E-state index is 11.3. The monoisotopic (exact) mass is 325 g/mol. The maximum Gasteiger partial charge on any atom is 1.00 e. The van der Waals surface area contributed by atoms with Crippen molar-refractivity contribution < 1.29 is 76.7 Å². The molecule has 2 nitrogen and oxygen atoms in total. The van der Waals surface area contributed by atoms with Crippen molar-refractivity contribution in [1.82, 2.24) is 0 Å². The minimum absolute atomic E-state index is 0. The molecule has 0 radical (unpaired) electrons. The Balaban J connectivity index is 0. The third-order valence-corrected chi connectivity index (χ3v) is 1.04. The van der Waals surface area contributed by atoms with E-state index in [2.05, 4.69) is 0 Å². The molecule has 0 rings (SSSR count). The molecule has 0 aromatic rings. The quantitative estimate of drug-likeness (QED) is 0.407. The summed E-state index contributed by atoms with van der Waals surface area (Å²) in [6.45, 7) is -4.15. The van der Waals surface area contributed by atoms with Gasteiger partial charge in [0.1, 0.15) is 0 Å². The van der Waals surface area contributed by atoms with Crippen LogP contribution in [0.15, 0.2) is 0 Å². The van der Waals surface area contributed by atoms with Gasteiger partial charge in [-0.15, -0.1) is 0 Å². The van der Waals surface area contributed by atoms with Crippen LogP contribution in [0.5, 0.6) is 0 Å². The first-order chi connectivity index (χ1) is 22.9. The summed E-state index contributed by atoms with van der Waals surface area (Å²) in [4.78, 5) is 11.3. The summed E-state index contributed by atoms with van der Waals surface area (Å²) in [6.07, 6.45) is -80.1. The first-order valence-corrected chi connectivity index (χ1v) is 4.66. The van der Waals surface area contributed by atoms with E-state index >= 15 is 0 Å². The van der Waals surface area contributed by atoms with E-state index in [1.165, 1.54) is 0 Å². The summed E-state index contributed by atoms with van der Waals surface area (Å²) in [5.74, 6) is -3.05. The van der Waals surface area contributed by atoms with Crippen molar-refractivity contribution in [1.29, 1.82) is 0 Å². The molecule has 0 saturated carbocycles. The number of carbonyl (C=O) groups excluding carboxylic acids is 1. The average molecular weight is 326 g/mol. The van der Waals surface area contributed by atoms with Crippen LogP contribution < -0.4 is 24.0 Å². The van der Waals surface area contributed by atoms with Crippen molar-refractivity contribution in [2.45, 2.75) is 109 Å². The summed E-state index contributed by atoms with van der Waals surface area (Å²) in [7, 11) is 0. The van der Waals surface area contributed by atoms with Gasteiger partial charge in [0, 0.05) is 53.9 Å². The fourth-order valence-corrected chi connectivity index (χ4v) is 0.489. The van der Waals surface area contributed by atoms with Crippen molar-refractivity contribution in [3.8, 4) is 0 Å². The van der Waals surface area contributed by atoms with Gasteiger partial charge in [-0.1, -0.05) is 96.1 Å². The molecule has 0 aromatic heterocycles. The van der Waals surface area contributed by atoms with Crippen LogP contribution >= 0.6 is 0 Å². The van der Waals surface area contributed by atoms with Crippen LogP contribution in [0, 0.1) is 0 Å². The van der Waals surface area contributed by atoms with Gasteiger partial charge < -0.3 is 9.90 Å². The van der Waals surface area contributed by atoms with Crippen LogP contribution in [-0.4, -0.2) is 5.97 Å². The van der Waals surface area contributed by atoms with Crippen molar-refractivity contribution in [2.24, 2.45) is 0 Å². The average Bonchev–Trinajstić information content (AvgIpc) is 2.94. The molecule has 0 aliphatic rings. The first kappa shape index (κ1) is 2.90. The molecule has 0 atom stereocenters. The fourth-order valence-electron chi connectivity index (χ4n) is 0.489. The van der Waals surface area contributed by atoms with Crippen LogP contribution in [-0.2, 0) is 4.79 Å². The summed E-state index contributed by atoms with van der Waals surface area (Å²) >= 11 is 0. The van der Waals surface area contributed by atoms with E-state index < -0.39 is 115 Å². The Morgan fingerprint density at radius 1 is 0.762 bits per heavy atom. The Morgan fingerprint density at radius 3 is 1.43 bits per heavy atom. The van der Waals surface area contributed by atoms with Crippen LogP contribution in [0.4, 0.5) is 0 Å². The Bertz CT molecular complexity index is 1450. The van der Waals surface area contributed by atoms with Crippen molar-refractivity contribution in [2.75, 3.05) is 0 Å². The number of hydrogen-bond acceptors (Lipinski definition) is 2. The number of carbonyl (C=O) groups is 1. The molecular weight excluding hydrogens is 255 g/mol. The van der Waals surface area contributed by atoms with Crippen LogP contribution in [0.3, 0.4) is 0 Å². The molecule has 0 amide bonds. The first-order valence-electron chi connectivity index (χ1n) is 22.2. The van der Waals surface area contributed by atoms with Gasteiger partial charge in [0.15, 0.2) is 0 Å². The number of carboxylic acid groups (broad SMARTS) is 1. The topological polar surface area (TPSA) is 40.1 Å². The largest absolute Gasteiger partial charge is 1.00 e. The Hall–Kier alpha value is 0.0674. The third-order valence-electron chi connectivity index (χ3n) is 1.04. The third kappa shape index (κ3) is 22.5. The molecule has 0 bridgehead atoms. The minimum atomic E-state index is -5.26. The summed E-state index contributed by atoms with van der Waals surface area (Å²) in [5, 5.41) is 11.3. The molecule has 0 aliphatic carbocycles. The Kier molecular flexibility index (Phi) is 2.77. The van der Waals surface area contributed by atoms with E-state index in [-0.39, 0.29) is 18.9 Å². The molecule has 0 heterocycles. The second-order valence-electron chi connectivity index (χ2n) is 2.29. The second-order valence-corrected chi connectivity index (χ2v) is 2.29. The van der Waals surface area contributed by atoms with Gasteiger partial charge in [0.2, 0.25) is 0 Å². The van der Waals surface area contributed by atoms with Gasteiger partial charge in [-0.3, -0.25) is 0 Å². The van der Waals surface area contributed by atoms with Crippen LogP contribution in [0.1, 0.15) is 157 Å². The van der Waals surface area contributed by atoms with Gasteiger partial charge in [-0.2, -0.15) is 0 Å². The minimum Gasteiger partial charge on any atom is -0.550 e. The molecular formula is C18H35LiO2. The van der Waals surface area contributed by atoms with E-state index in [4.69, 9.17) is 48.0 Å². The smallest absolute Gasteiger partial charge is 0.550 e. The second kappa shape index (κ2) is 20.1. The predicted molar refractivity (Wildman–Crippen MR) is 84.6 cm³/mol. The molecule has 0 fully saturated rings. The normalized spacial score (nSPS) is 46.6. The molecule has 0 N–H and O–H groups in total. The molecule has 0 unspecified atom stereocenters. The standard InChI is InChI=1S/C18H36O2.Li/c1-2-3-4-5-6-7-8-9-10-11-12-13-14-15-16-17-18(19)20;/h2-17H2,1H3,(H,19,20);/q;+1/p-1/i1D3,2D2,3D2,4D2,5D2,6D2,7D2,8D2,9D2,10D2,11D2,12D2,13D2,14D2,15D2,16D2,17D2;. The van der Waals surface area contributed by atoms with Crippen LogP contribution in [0.25, 0.3) is 0 Å². The fraction of sp³-hybridized carbons (Fsp3) is 0.944. The summed E-state index contributed by atoms with van der Waals surface area (Å²) < 4.78 is 277. The van der Waals surface area contributed by atoms with Crippen molar-refractivity contribution >= 4 is 5.97 Å². The van der Waals surface area contributed by atoms with Crippen LogP contribution in [0.2, 0.25) is 0 Å². The molecule has 120 valence electrons. The van der Waals surface area contributed by atoms with E-state index in [1.54, 1.807) is 0 Å². The van der Waals surface area contributed by atoms with E-state index in [9.17, 15) is 9.90 Å². The summed E-state index contributed by atoms with van der Waals surface area (Å²) in [6, 6.07) is 0. The van der Waals surface area contributed by atoms with Gasteiger partial charge in [-0.25, -0.2) is 0 Å². The molecule has 21 heavy (non-hydrogen) atoms. The van der Waals surface area contributed by atoms with Gasteiger partial charge in [0.25, 0.3) is 0 Å². The van der Waals surface area contributed by atoms with Crippen molar-refractivity contribution in [3.63, 3.8) is 0 Å². The zero-order chi connectivity index (χ0) is 46.1. The molecule has 0 spiro atoms. The van der Waals surface area contributed by atoms with E-state index in [0.29, 0.717) is 0 Å². The number of rotatable bonds is 16. The maximum absolute atomic E-state index is 11.3. The van der Waals surface area contributed by atoms with Gasteiger partial charge in [0.05, 0.1) is 0 Å². The van der Waals surface area contributed by atoms with Crippen molar-refractivity contribution in [3.05, 3.63) is 0 Å².